The third-order valence-electron chi connectivity index (χ3n) is 7.57. The summed E-state index contributed by atoms with van der Waals surface area (Å²) >= 11 is 1.64. The minimum absolute atomic E-state index is 0.0663. The number of nitrogens with zero attached hydrogens (tertiary/aromatic N) is 1. The Bertz CT molecular complexity index is 1990. The maximum Gasteiger partial charge on any atom is 0.416 e. The van der Waals surface area contributed by atoms with Gasteiger partial charge in [0.2, 0.25) is 0 Å². The molecule has 0 saturated carbocycles. The van der Waals surface area contributed by atoms with Crippen molar-refractivity contribution >= 4 is 40.8 Å². The Morgan fingerprint density at radius 3 is 2.12 bits per heavy atom. The van der Waals surface area contributed by atoms with Crippen molar-refractivity contribution in [2.45, 2.75) is 25.4 Å². The number of benzene rings is 4. The predicted molar refractivity (Wildman–Crippen MR) is 192 cm³/mol. The second-order valence-corrected chi connectivity index (χ2v) is 12.3. The predicted octanol–water partition coefficient (Wildman–Crippen LogP) is 8.71. The molecule has 270 valence electrons. The normalized spacial score (nSPS) is 10.7. The zero-order chi connectivity index (χ0) is 37.8. The fourth-order valence-corrected chi connectivity index (χ4v) is 5.49. The van der Waals surface area contributed by atoms with Crippen molar-refractivity contribution in [1.82, 2.24) is 4.90 Å². The minimum atomic E-state index is -4.49. The number of nitrogens with one attached hydrogen (secondary N) is 1. The third kappa shape index (κ3) is 10.8. The summed E-state index contributed by atoms with van der Waals surface area (Å²) in [6.45, 7) is 0. The first kappa shape index (κ1) is 38.8. The number of methoxy groups -OCH3 is 1. The summed E-state index contributed by atoms with van der Waals surface area (Å²) in [6.07, 6.45) is -3.60. The van der Waals surface area contributed by atoms with Gasteiger partial charge in [-0.25, -0.2) is 4.79 Å². The number of alkyl halides is 3. The average molecular weight is 733 g/mol. The Balaban J connectivity index is 0.000000771. The van der Waals surface area contributed by atoms with Gasteiger partial charge in [0.25, 0.3) is 11.8 Å². The summed E-state index contributed by atoms with van der Waals surface area (Å²) < 4.78 is 49.3. The van der Waals surface area contributed by atoms with Crippen molar-refractivity contribution in [3.05, 3.63) is 136 Å². The number of amides is 2. The lowest BCUT2D eigenvalue weighted by atomic mass is 9.97. The molecule has 5 aromatic rings. The smallest absolute Gasteiger partial charge is 0.416 e. The molecular weight excluding hydrogens is 697 g/mol. The molecule has 1 heterocycles. The number of aromatic carboxylic acids is 1. The van der Waals surface area contributed by atoms with Crippen LogP contribution in [0.4, 0.5) is 18.9 Å². The average Bonchev–Trinajstić information content (AvgIpc) is 3.66. The van der Waals surface area contributed by atoms with Crippen LogP contribution < -0.4 is 14.8 Å². The van der Waals surface area contributed by atoms with Crippen LogP contribution in [0.5, 0.6) is 11.5 Å². The van der Waals surface area contributed by atoms with Gasteiger partial charge in [0.1, 0.15) is 11.5 Å². The molecule has 1 aromatic heterocycles. The summed E-state index contributed by atoms with van der Waals surface area (Å²) in [5.41, 5.74) is 1.52. The van der Waals surface area contributed by atoms with Gasteiger partial charge in [-0.1, -0.05) is 36.4 Å². The van der Waals surface area contributed by atoms with E-state index in [4.69, 9.17) is 14.6 Å². The molecule has 4 aromatic carbocycles. The highest BCUT2D eigenvalue weighted by Gasteiger charge is 2.30. The van der Waals surface area contributed by atoms with Crippen LogP contribution in [0.25, 0.3) is 11.1 Å². The molecule has 0 bridgehead atoms. The Kier molecular flexibility index (Phi) is 13.3. The highest BCUT2D eigenvalue weighted by Crippen LogP contribution is 2.32. The molecule has 0 aliphatic heterocycles. The number of anilines is 1. The van der Waals surface area contributed by atoms with E-state index < -0.39 is 29.6 Å². The van der Waals surface area contributed by atoms with Crippen LogP contribution in [0, 0.1) is 0 Å². The second-order valence-electron chi connectivity index (χ2n) is 11.5. The lowest BCUT2D eigenvalue weighted by molar-refractivity contribution is -0.137. The van der Waals surface area contributed by atoms with Gasteiger partial charge in [-0.15, -0.1) is 11.3 Å². The first-order valence-electron chi connectivity index (χ1n) is 15.8. The number of ether oxygens (including phenoxy) is 2. The zero-order valence-electron chi connectivity index (χ0n) is 28.4. The molecule has 13 heteroatoms. The molecule has 0 atom stereocenters. The topological polar surface area (TPSA) is 122 Å². The molecule has 0 aliphatic carbocycles. The highest BCUT2D eigenvalue weighted by atomic mass is 32.1. The number of carbonyl (C=O) groups excluding carboxylic acids is 3. The fraction of sp³-hybridized carbons (Fsp3) is 0.179. The van der Waals surface area contributed by atoms with Crippen LogP contribution in [-0.2, 0) is 17.4 Å². The second kappa shape index (κ2) is 17.8. The maximum absolute atomic E-state index is 13.4. The molecule has 0 saturated heterocycles. The van der Waals surface area contributed by atoms with Crippen molar-refractivity contribution in [2.24, 2.45) is 0 Å². The fourth-order valence-electron chi connectivity index (χ4n) is 4.89. The number of aryl methyl sites for hydroxylation is 1. The van der Waals surface area contributed by atoms with Gasteiger partial charge in [0, 0.05) is 31.5 Å². The van der Waals surface area contributed by atoms with E-state index in [0.29, 0.717) is 24.0 Å². The van der Waals surface area contributed by atoms with Crippen molar-refractivity contribution in [3.8, 4) is 22.6 Å². The molecule has 2 N–H and O–H groups in total. The van der Waals surface area contributed by atoms with E-state index in [1.54, 1.807) is 75.0 Å². The van der Waals surface area contributed by atoms with Gasteiger partial charge >= 0.3 is 18.1 Å². The van der Waals surface area contributed by atoms with Crippen molar-refractivity contribution in [1.29, 1.82) is 0 Å². The zero-order valence-corrected chi connectivity index (χ0v) is 29.2. The number of thiophene rings is 1. The van der Waals surface area contributed by atoms with E-state index >= 15 is 0 Å². The summed E-state index contributed by atoms with van der Waals surface area (Å²) in [5, 5.41) is 15.7. The van der Waals surface area contributed by atoms with Crippen LogP contribution >= 0.6 is 11.3 Å². The number of esters is 1. The van der Waals surface area contributed by atoms with E-state index in [2.05, 4.69) is 5.32 Å². The first-order chi connectivity index (χ1) is 24.8. The van der Waals surface area contributed by atoms with Gasteiger partial charge < -0.3 is 24.8 Å². The molecule has 52 heavy (non-hydrogen) atoms. The number of hydrogen-bond acceptors (Lipinski definition) is 7. The van der Waals surface area contributed by atoms with Gasteiger partial charge in [0.05, 0.1) is 29.5 Å². The highest BCUT2D eigenvalue weighted by molar-refractivity contribution is 7.08. The Morgan fingerprint density at radius 2 is 1.54 bits per heavy atom. The van der Waals surface area contributed by atoms with Crippen LogP contribution in [-0.4, -0.2) is 55.0 Å². The van der Waals surface area contributed by atoms with Gasteiger partial charge in [-0.2, -0.15) is 13.2 Å². The molecule has 9 nitrogen and oxygen atoms in total. The molecule has 0 fully saturated rings. The molecule has 0 radical (unpaired) electrons. The SMILES string of the molecule is CN(C)C(=O)c1cc(CCCC(=O)Oc2ccc(C(=O)O)cc2)ccc1NC(=O)c1ccccc1-c1ccc(C(F)(F)F)cc1.COc1ccsc1. The van der Waals surface area contributed by atoms with E-state index in [1.165, 1.54) is 41.3 Å². The van der Waals surface area contributed by atoms with Crippen LogP contribution in [0.15, 0.2) is 108 Å². The maximum atomic E-state index is 13.4. The van der Waals surface area contributed by atoms with E-state index in [-0.39, 0.29) is 40.5 Å². The Morgan fingerprint density at radius 1 is 0.846 bits per heavy atom. The number of carboxylic acids is 1. The quantitative estimate of drug-likeness (QED) is 0.103. The molecule has 0 unspecified atom stereocenters. The number of halogens is 3. The summed E-state index contributed by atoms with van der Waals surface area (Å²) in [5.74, 6) is -1.33. The molecule has 0 aliphatic rings. The van der Waals surface area contributed by atoms with Crippen molar-refractivity contribution in [3.63, 3.8) is 0 Å². The lowest BCUT2D eigenvalue weighted by Gasteiger charge is -2.17. The van der Waals surface area contributed by atoms with Crippen molar-refractivity contribution < 1.29 is 46.9 Å². The standard InChI is InChI=1S/C34H29F3N2O6.C5H6OS/c1-39(2)32(42)28-20-21(6-5-9-30(40)45-25-17-13-23(14-18-25)33(43)44)10-19-29(28)38-31(41)27-8-4-3-7-26(27)22-11-15-24(16-12-22)34(35,36)37;1-6-5-2-3-7-4-5/h3-4,7-8,10-20H,5-6,9H2,1-2H3,(H,38,41)(H,43,44);2-4H,1H3. The largest absolute Gasteiger partial charge is 0.496 e. The molecular formula is C39H35F3N2O7S. The number of carboxylic acid groups (broad SMARTS) is 1. The van der Waals surface area contributed by atoms with Crippen molar-refractivity contribution in [2.75, 3.05) is 26.5 Å². The molecule has 5 rings (SSSR count). The lowest BCUT2D eigenvalue weighted by Crippen LogP contribution is -2.24. The summed E-state index contributed by atoms with van der Waals surface area (Å²) in [7, 11) is 4.81. The third-order valence-corrected chi connectivity index (χ3v) is 8.24. The molecule has 2 amide bonds. The van der Waals surface area contributed by atoms with Gasteiger partial charge in [-0.05, 0) is 95.6 Å². The molecule has 0 spiro atoms. The minimum Gasteiger partial charge on any atom is -0.496 e. The Labute approximate surface area is 302 Å². The summed E-state index contributed by atoms with van der Waals surface area (Å²) in [4.78, 5) is 51.1. The number of carbonyl (C=O) groups is 4. The van der Waals surface area contributed by atoms with Crippen LogP contribution in [0.3, 0.4) is 0 Å². The Hall–Kier alpha value is -5.95. The first-order valence-corrected chi connectivity index (χ1v) is 16.7. The monoisotopic (exact) mass is 732 g/mol. The summed E-state index contributed by atoms with van der Waals surface area (Å²) in [6, 6.07) is 23.3. The van der Waals surface area contributed by atoms with Gasteiger partial charge in [0.15, 0.2) is 0 Å². The van der Waals surface area contributed by atoms with E-state index in [0.717, 1.165) is 23.4 Å². The van der Waals surface area contributed by atoms with E-state index in [1.807, 2.05) is 16.8 Å². The number of hydrogen-bond donors (Lipinski definition) is 2. The van der Waals surface area contributed by atoms with E-state index in [9.17, 15) is 32.3 Å². The number of rotatable bonds is 11. The van der Waals surface area contributed by atoms with Gasteiger partial charge in [-0.3, -0.25) is 14.4 Å². The van der Waals surface area contributed by atoms with Crippen LogP contribution in [0.1, 0.15) is 55.0 Å². The van der Waals surface area contributed by atoms with Crippen LogP contribution in [0.2, 0.25) is 0 Å².